The van der Waals surface area contributed by atoms with Gasteiger partial charge < -0.3 is 10.2 Å². The van der Waals surface area contributed by atoms with Crippen molar-refractivity contribution < 1.29 is 31.2 Å². The lowest BCUT2D eigenvalue weighted by Crippen LogP contribution is -2.55. The van der Waals surface area contributed by atoms with E-state index in [1.54, 1.807) is 36.4 Å². The van der Waals surface area contributed by atoms with Gasteiger partial charge in [0.25, 0.3) is 10.0 Å². The number of nitrogens with one attached hydrogen (secondary N) is 1. The van der Waals surface area contributed by atoms with Gasteiger partial charge in [0.05, 0.1) is 21.2 Å². The normalized spacial score (nSPS) is 14.5. The highest BCUT2D eigenvalue weighted by Crippen LogP contribution is 2.37. The van der Waals surface area contributed by atoms with Crippen molar-refractivity contribution in [1.29, 1.82) is 0 Å². The lowest BCUT2D eigenvalue weighted by molar-refractivity contribution is -0.140. The van der Waals surface area contributed by atoms with Crippen molar-refractivity contribution in [2.45, 2.75) is 68.2 Å². The van der Waals surface area contributed by atoms with Gasteiger partial charge in [-0.1, -0.05) is 110 Å². The van der Waals surface area contributed by atoms with Crippen LogP contribution in [-0.2, 0) is 38.8 Å². The minimum atomic E-state index is -4.82. The maximum atomic E-state index is 14.6. The molecule has 1 aliphatic carbocycles. The fourth-order valence-electron chi connectivity index (χ4n) is 5.99. The summed E-state index contributed by atoms with van der Waals surface area (Å²) >= 11 is 6.39. The number of anilines is 1. The molecule has 1 fully saturated rings. The molecule has 0 radical (unpaired) electrons. The number of hydrogen-bond donors (Lipinski definition) is 1. The van der Waals surface area contributed by atoms with Gasteiger partial charge in [0.1, 0.15) is 12.6 Å². The largest absolute Gasteiger partial charge is 0.416 e. The SMILES string of the molecule is O=C(NC1CCCCC1)[C@H](Cc1ccccc1)N(Cc1ccccc1)C(=O)CN(c1cc(C(F)(F)F)ccc1Cl)S(=O)(=O)c1ccccc1. The van der Waals surface area contributed by atoms with Gasteiger partial charge in [-0.05, 0) is 54.3 Å². The topological polar surface area (TPSA) is 86.8 Å². The van der Waals surface area contributed by atoms with Crippen LogP contribution in [0.3, 0.4) is 0 Å². The van der Waals surface area contributed by atoms with E-state index in [9.17, 15) is 31.2 Å². The predicted molar refractivity (Wildman–Crippen MR) is 183 cm³/mol. The highest BCUT2D eigenvalue weighted by Gasteiger charge is 2.38. The molecule has 1 aliphatic rings. The molecule has 7 nitrogen and oxygen atoms in total. The number of sulfonamides is 1. The third-order valence-corrected chi connectivity index (χ3v) is 10.7. The van der Waals surface area contributed by atoms with Gasteiger partial charge in [-0.2, -0.15) is 13.2 Å². The molecule has 0 spiro atoms. The summed E-state index contributed by atoms with van der Waals surface area (Å²) in [5.74, 6) is -1.19. The molecule has 5 rings (SSSR count). The number of amides is 2. The molecule has 12 heteroatoms. The smallest absolute Gasteiger partial charge is 0.352 e. The molecule has 4 aromatic rings. The molecule has 0 bridgehead atoms. The summed E-state index contributed by atoms with van der Waals surface area (Å²) in [5, 5.41) is 2.82. The summed E-state index contributed by atoms with van der Waals surface area (Å²) in [7, 11) is -4.63. The number of benzene rings is 4. The third kappa shape index (κ3) is 9.21. The zero-order valence-electron chi connectivity index (χ0n) is 26.7. The molecule has 0 heterocycles. The number of rotatable bonds is 12. The molecule has 49 heavy (non-hydrogen) atoms. The Balaban J connectivity index is 1.60. The molecule has 1 N–H and O–H groups in total. The average molecular weight is 712 g/mol. The number of carbonyl (C=O) groups excluding carboxylic acids is 2. The molecule has 1 saturated carbocycles. The Morgan fingerprint density at radius 2 is 1.39 bits per heavy atom. The maximum absolute atomic E-state index is 14.6. The minimum absolute atomic E-state index is 0.0647. The van der Waals surface area contributed by atoms with Crippen LogP contribution in [0.5, 0.6) is 0 Å². The molecule has 1 atom stereocenters. The molecule has 2 amide bonds. The van der Waals surface area contributed by atoms with E-state index < -0.39 is 51.9 Å². The summed E-state index contributed by atoms with van der Waals surface area (Å²) in [5.41, 5.74) is -0.206. The zero-order chi connectivity index (χ0) is 35.0. The summed E-state index contributed by atoms with van der Waals surface area (Å²) in [6.45, 7) is -0.988. The Labute approximate surface area is 289 Å². The number of halogens is 4. The first-order chi connectivity index (χ1) is 23.4. The lowest BCUT2D eigenvalue weighted by atomic mass is 9.94. The number of alkyl halides is 3. The summed E-state index contributed by atoms with van der Waals surface area (Å²) < 4.78 is 70.5. The Morgan fingerprint density at radius 1 is 0.816 bits per heavy atom. The standard InChI is InChI=1S/C37H37ClF3N3O4S/c38-32-22-21-29(37(39,40)41)24-33(32)44(49(47,48)31-19-11-4-12-20-31)26-35(45)43(25-28-15-7-2-8-16-28)34(23-27-13-5-1-6-14-27)36(46)42-30-17-9-3-10-18-30/h1-2,4-8,11-16,19-22,24,30,34H,3,9-10,17-18,23,25-26H2,(H,42,46)/t34-/m0/s1. The van der Waals surface area contributed by atoms with Crippen molar-refractivity contribution in [1.82, 2.24) is 10.2 Å². The molecule has 0 unspecified atom stereocenters. The van der Waals surface area contributed by atoms with Gasteiger partial charge in [0.15, 0.2) is 0 Å². The molecule has 258 valence electrons. The number of carbonyl (C=O) groups is 2. The van der Waals surface area contributed by atoms with Gasteiger partial charge >= 0.3 is 6.18 Å². The first kappa shape index (κ1) is 35.9. The van der Waals surface area contributed by atoms with E-state index in [0.717, 1.165) is 49.8 Å². The van der Waals surface area contributed by atoms with Crippen molar-refractivity contribution in [3.63, 3.8) is 0 Å². The second-order valence-electron chi connectivity index (χ2n) is 12.0. The van der Waals surface area contributed by atoms with Crippen molar-refractivity contribution in [3.8, 4) is 0 Å². The molecule has 0 aliphatic heterocycles. The highest BCUT2D eigenvalue weighted by molar-refractivity contribution is 7.92. The quantitative estimate of drug-likeness (QED) is 0.164. The Hall–Kier alpha value is -4.35. The third-order valence-electron chi connectivity index (χ3n) is 8.57. The predicted octanol–water partition coefficient (Wildman–Crippen LogP) is 7.64. The zero-order valence-corrected chi connectivity index (χ0v) is 28.2. The van der Waals surface area contributed by atoms with Crippen LogP contribution in [0.15, 0.2) is 114 Å². The van der Waals surface area contributed by atoms with Crippen molar-refractivity contribution >= 4 is 39.1 Å². The molecular weight excluding hydrogens is 675 g/mol. The van der Waals surface area contributed by atoms with Gasteiger partial charge in [0.2, 0.25) is 11.8 Å². The Kier molecular flexibility index (Phi) is 11.7. The molecule has 0 aromatic heterocycles. The molecule has 0 saturated heterocycles. The van der Waals surface area contributed by atoms with E-state index in [0.29, 0.717) is 15.9 Å². The van der Waals surface area contributed by atoms with E-state index in [2.05, 4.69) is 5.32 Å². The van der Waals surface area contributed by atoms with Crippen molar-refractivity contribution in [3.05, 3.63) is 131 Å². The van der Waals surface area contributed by atoms with Crippen LogP contribution in [0.2, 0.25) is 5.02 Å². The number of hydrogen-bond acceptors (Lipinski definition) is 4. The summed E-state index contributed by atoms with van der Waals surface area (Å²) in [6, 6.07) is 26.3. The Morgan fingerprint density at radius 3 is 1.98 bits per heavy atom. The highest BCUT2D eigenvalue weighted by atomic mass is 35.5. The van der Waals surface area contributed by atoms with E-state index in [-0.39, 0.29) is 28.9 Å². The van der Waals surface area contributed by atoms with E-state index in [4.69, 9.17) is 11.6 Å². The van der Waals surface area contributed by atoms with E-state index in [1.165, 1.54) is 29.2 Å². The van der Waals surface area contributed by atoms with Gasteiger partial charge in [-0.15, -0.1) is 0 Å². The maximum Gasteiger partial charge on any atom is 0.416 e. The lowest BCUT2D eigenvalue weighted by Gasteiger charge is -2.35. The average Bonchev–Trinajstić information content (AvgIpc) is 3.10. The van der Waals surface area contributed by atoms with Crippen LogP contribution in [0.1, 0.15) is 48.8 Å². The van der Waals surface area contributed by atoms with Gasteiger partial charge in [0, 0.05) is 19.0 Å². The first-order valence-electron chi connectivity index (χ1n) is 16.1. The molecular formula is C37H37ClF3N3O4S. The summed E-state index contributed by atoms with van der Waals surface area (Å²) in [6.07, 6.45) is -0.101. The van der Waals surface area contributed by atoms with Crippen LogP contribution in [0.25, 0.3) is 0 Å². The Bertz CT molecular complexity index is 1820. The van der Waals surface area contributed by atoms with Gasteiger partial charge in [-0.25, -0.2) is 8.42 Å². The van der Waals surface area contributed by atoms with E-state index in [1.807, 2.05) is 30.3 Å². The fraction of sp³-hybridized carbons (Fsp3) is 0.297. The monoisotopic (exact) mass is 711 g/mol. The van der Waals surface area contributed by atoms with Crippen LogP contribution in [-0.4, -0.2) is 43.8 Å². The van der Waals surface area contributed by atoms with Crippen LogP contribution in [0, 0.1) is 0 Å². The minimum Gasteiger partial charge on any atom is -0.352 e. The van der Waals surface area contributed by atoms with Crippen molar-refractivity contribution in [2.24, 2.45) is 0 Å². The van der Waals surface area contributed by atoms with Crippen LogP contribution < -0.4 is 9.62 Å². The fourth-order valence-corrected chi connectivity index (χ4v) is 7.71. The van der Waals surface area contributed by atoms with Crippen LogP contribution in [0.4, 0.5) is 18.9 Å². The molecule has 4 aromatic carbocycles. The van der Waals surface area contributed by atoms with Gasteiger partial charge in [-0.3, -0.25) is 13.9 Å². The first-order valence-corrected chi connectivity index (χ1v) is 17.9. The second kappa shape index (κ2) is 15.9. The summed E-state index contributed by atoms with van der Waals surface area (Å²) in [4.78, 5) is 29.8. The number of nitrogens with zero attached hydrogens (tertiary/aromatic N) is 2. The second-order valence-corrected chi connectivity index (χ2v) is 14.3. The van der Waals surface area contributed by atoms with Crippen molar-refractivity contribution in [2.75, 3.05) is 10.8 Å². The van der Waals surface area contributed by atoms with Crippen LogP contribution >= 0.6 is 11.6 Å². The van der Waals surface area contributed by atoms with E-state index >= 15 is 0 Å².